The number of halogens is 3. The molecule has 0 aromatic heterocycles. The number of benzene rings is 3. The largest absolute Gasteiger partial charge is 0.354 e. The van der Waals surface area contributed by atoms with Gasteiger partial charge in [-0.3, -0.25) is 9.59 Å². The van der Waals surface area contributed by atoms with Crippen LogP contribution in [0.2, 0.25) is 10.0 Å². The fourth-order valence-electron chi connectivity index (χ4n) is 3.72. The molecular formula is C28H29Cl2FN2O2S. The van der Waals surface area contributed by atoms with Crippen molar-refractivity contribution in [1.82, 2.24) is 10.2 Å². The number of thioether (sulfide) groups is 1. The summed E-state index contributed by atoms with van der Waals surface area (Å²) in [6, 6.07) is 20.7. The summed E-state index contributed by atoms with van der Waals surface area (Å²) in [4.78, 5) is 28.5. The molecule has 190 valence electrons. The van der Waals surface area contributed by atoms with Gasteiger partial charge in [-0.25, -0.2) is 4.39 Å². The van der Waals surface area contributed by atoms with Crippen LogP contribution in [0.4, 0.5) is 4.39 Å². The highest BCUT2D eigenvalue weighted by Crippen LogP contribution is 2.25. The summed E-state index contributed by atoms with van der Waals surface area (Å²) in [5, 5.41) is 3.79. The molecule has 0 unspecified atom stereocenters. The minimum absolute atomic E-state index is 0.0570. The third-order valence-electron chi connectivity index (χ3n) is 5.65. The average molecular weight is 548 g/mol. The van der Waals surface area contributed by atoms with Crippen molar-refractivity contribution < 1.29 is 14.0 Å². The van der Waals surface area contributed by atoms with E-state index in [4.69, 9.17) is 23.2 Å². The molecule has 4 nitrogen and oxygen atoms in total. The summed E-state index contributed by atoms with van der Waals surface area (Å²) in [6.45, 7) is 2.67. The van der Waals surface area contributed by atoms with E-state index in [1.54, 1.807) is 23.1 Å². The molecule has 0 spiro atoms. The number of nitrogens with zero attached hydrogens (tertiary/aromatic N) is 1. The Kier molecular flexibility index (Phi) is 11.1. The third kappa shape index (κ3) is 7.99. The molecule has 3 rings (SSSR count). The van der Waals surface area contributed by atoms with Crippen LogP contribution in [0.15, 0.2) is 72.8 Å². The van der Waals surface area contributed by atoms with Crippen LogP contribution in [0.3, 0.4) is 0 Å². The summed E-state index contributed by atoms with van der Waals surface area (Å²) in [5.74, 6) is -0.566. The lowest BCUT2D eigenvalue weighted by atomic mass is 10.0. The van der Waals surface area contributed by atoms with Gasteiger partial charge in [0.15, 0.2) is 0 Å². The summed E-state index contributed by atoms with van der Waals surface area (Å²) in [5.41, 5.74) is 2.05. The highest BCUT2D eigenvalue weighted by Gasteiger charge is 2.30. The Morgan fingerprint density at radius 1 is 0.972 bits per heavy atom. The quantitative estimate of drug-likeness (QED) is 0.281. The Balaban J connectivity index is 1.86. The average Bonchev–Trinajstić information content (AvgIpc) is 2.88. The number of carbonyl (C=O) groups excluding carboxylic acids is 2. The van der Waals surface area contributed by atoms with Gasteiger partial charge in [0, 0.05) is 40.9 Å². The van der Waals surface area contributed by atoms with Crippen molar-refractivity contribution in [1.29, 1.82) is 0 Å². The summed E-state index contributed by atoms with van der Waals surface area (Å²) in [7, 11) is 0. The van der Waals surface area contributed by atoms with Gasteiger partial charge in [0.1, 0.15) is 11.9 Å². The first-order chi connectivity index (χ1) is 17.4. The maximum atomic E-state index is 14.2. The Labute approximate surface area is 226 Å². The van der Waals surface area contributed by atoms with E-state index in [1.807, 2.05) is 55.5 Å². The molecule has 36 heavy (non-hydrogen) atoms. The van der Waals surface area contributed by atoms with E-state index in [2.05, 4.69) is 5.32 Å². The van der Waals surface area contributed by atoms with Crippen LogP contribution in [0.1, 0.15) is 30.0 Å². The van der Waals surface area contributed by atoms with Crippen molar-refractivity contribution in [2.75, 3.05) is 12.3 Å². The predicted molar refractivity (Wildman–Crippen MR) is 147 cm³/mol. The number of hydrogen-bond donors (Lipinski definition) is 1. The van der Waals surface area contributed by atoms with E-state index < -0.39 is 11.9 Å². The molecule has 3 aromatic carbocycles. The van der Waals surface area contributed by atoms with Crippen LogP contribution in [0.5, 0.6) is 0 Å². The van der Waals surface area contributed by atoms with Gasteiger partial charge in [0.2, 0.25) is 11.8 Å². The maximum Gasteiger partial charge on any atom is 0.243 e. The fourth-order valence-corrected chi connectivity index (χ4v) is 5.17. The molecular weight excluding hydrogens is 518 g/mol. The molecule has 0 bridgehead atoms. The normalized spacial score (nSPS) is 11.7. The van der Waals surface area contributed by atoms with Gasteiger partial charge in [-0.2, -0.15) is 0 Å². The monoisotopic (exact) mass is 546 g/mol. The number of amides is 2. The van der Waals surface area contributed by atoms with Crippen molar-refractivity contribution in [2.45, 2.75) is 38.1 Å². The second-order valence-electron chi connectivity index (χ2n) is 8.30. The highest BCUT2D eigenvalue weighted by molar-refractivity contribution is 7.99. The van der Waals surface area contributed by atoms with Gasteiger partial charge in [-0.15, -0.1) is 11.8 Å². The van der Waals surface area contributed by atoms with Gasteiger partial charge in [0.05, 0.1) is 5.75 Å². The Bertz CT molecular complexity index is 1140. The lowest BCUT2D eigenvalue weighted by molar-refractivity contribution is -0.139. The zero-order valence-electron chi connectivity index (χ0n) is 20.1. The number of carbonyl (C=O) groups is 2. The first-order valence-corrected chi connectivity index (χ1v) is 13.7. The molecule has 3 aromatic rings. The fraction of sp³-hybridized carbons (Fsp3) is 0.286. The van der Waals surface area contributed by atoms with E-state index in [-0.39, 0.29) is 29.9 Å². The second kappa shape index (κ2) is 14.3. The molecule has 0 fully saturated rings. The standard InChI is InChI=1S/C28H29Cl2FN2O2S/c1-2-15-32-28(35)26(16-20-9-4-3-5-10-20)33(17-21-11-6-7-12-23(21)29)27(34)19-36-18-22-24(30)13-8-14-25(22)31/h3-14,26H,2,15-19H2,1H3,(H,32,35)/t26-/m0/s1. The van der Waals surface area contributed by atoms with E-state index in [0.717, 1.165) is 17.5 Å². The smallest absolute Gasteiger partial charge is 0.243 e. The van der Waals surface area contributed by atoms with E-state index in [0.29, 0.717) is 28.6 Å². The van der Waals surface area contributed by atoms with Crippen LogP contribution in [-0.4, -0.2) is 35.1 Å². The van der Waals surface area contributed by atoms with Crippen molar-refractivity contribution in [3.05, 3.63) is 105 Å². The topological polar surface area (TPSA) is 49.4 Å². The molecule has 0 aliphatic carbocycles. The minimum Gasteiger partial charge on any atom is -0.354 e. The van der Waals surface area contributed by atoms with Crippen LogP contribution < -0.4 is 5.32 Å². The van der Waals surface area contributed by atoms with Gasteiger partial charge >= 0.3 is 0 Å². The molecule has 0 heterocycles. The van der Waals surface area contributed by atoms with Gasteiger partial charge < -0.3 is 10.2 Å². The Morgan fingerprint density at radius 3 is 2.36 bits per heavy atom. The molecule has 0 aliphatic heterocycles. The molecule has 0 aliphatic rings. The lowest BCUT2D eigenvalue weighted by Crippen LogP contribution is -2.51. The number of hydrogen-bond acceptors (Lipinski definition) is 3. The Morgan fingerprint density at radius 2 is 1.67 bits per heavy atom. The SMILES string of the molecule is CCCNC(=O)[C@H](Cc1ccccc1)N(Cc1ccccc1Cl)C(=O)CSCc1c(F)cccc1Cl. The molecule has 8 heteroatoms. The van der Waals surface area contributed by atoms with Crippen molar-refractivity contribution >= 4 is 46.8 Å². The third-order valence-corrected chi connectivity index (χ3v) is 7.32. The first-order valence-electron chi connectivity index (χ1n) is 11.8. The molecule has 1 N–H and O–H groups in total. The molecule has 1 atom stereocenters. The van der Waals surface area contributed by atoms with Crippen LogP contribution in [-0.2, 0) is 28.3 Å². The lowest BCUT2D eigenvalue weighted by Gasteiger charge is -2.32. The van der Waals surface area contributed by atoms with Crippen molar-refractivity contribution in [3.8, 4) is 0 Å². The highest BCUT2D eigenvalue weighted by atomic mass is 35.5. The van der Waals surface area contributed by atoms with Gasteiger partial charge in [0.25, 0.3) is 0 Å². The summed E-state index contributed by atoms with van der Waals surface area (Å²) >= 11 is 13.8. The van der Waals surface area contributed by atoms with E-state index in [9.17, 15) is 14.0 Å². The Hall–Kier alpha value is -2.54. The van der Waals surface area contributed by atoms with Crippen LogP contribution >= 0.6 is 35.0 Å². The van der Waals surface area contributed by atoms with Crippen molar-refractivity contribution in [3.63, 3.8) is 0 Å². The zero-order chi connectivity index (χ0) is 25.9. The molecule has 0 saturated carbocycles. The summed E-state index contributed by atoms with van der Waals surface area (Å²) < 4.78 is 14.2. The number of nitrogens with one attached hydrogen (secondary N) is 1. The summed E-state index contributed by atoms with van der Waals surface area (Å²) in [6.07, 6.45) is 1.14. The van der Waals surface area contributed by atoms with Gasteiger partial charge in [-0.05, 0) is 35.7 Å². The minimum atomic E-state index is -0.736. The number of rotatable bonds is 12. The van der Waals surface area contributed by atoms with E-state index >= 15 is 0 Å². The van der Waals surface area contributed by atoms with E-state index in [1.165, 1.54) is 17.8 Å². The van der Waals surface area contributed by atoms with Crippen molar-refractivity contribution in [2.24, 2.45) is 0 Å². The first kappa shape index (κ1) is 28.0. The predicted octanol–water partition coefficient (Wildman–Crippen LogP) is 6.53. The maximum absolute atomic E-state index is 14.2. The molecule has 0 saturated heterocycles. The van der Waals surface area contributed by atoms with Crippen LogP contribution in [0.25, 0.3) is 0 Å². The molecule has 2 amide bonds. The zero-order valence-corrected chi connectivity index (χ0v) is 22.4. The van der Waals surface area contributed by atoms with Gasteiger partial charge in [-0.1, -0.05) is 84.7 Å². The van der Waals surface area contributed by atoms with Crippen LogP contribution in [0, 0.1) is 5.82 Å². The second-order valence-corrected chi connectivity index (χ2v) is 10.1. The molecule has 0 radical (unpaired) electrons.